The van der Waals surface area contributed by atoms with Gasteiger partial charge in [-0.1, -0.05) is 0 Å². The molecule has 1 aromatic rings. The van der Waals surface area contributed by atoms with Crippen LogP contribution in [0.2, 0.25) is 0 Å². The van der Waals surface area contributed by atoms with Crippen LogP contribution >= 0.6 is 11.6 Å². The zero-order valence-corrected chi connectivity index (χ0v) is 13.7. The smallest absolute Gasteiger partial charge is 0.207 e. The van der Waals surface area contributed by atoms with Gasteiger partial charge in [0.1, 0.15) is 5.82 Å². The second-order valence-electron chi connectivity index (χ2n) is 6.16. The Balaban J connectivity index is 2.06. The molecule has 2 fully saturated rings. The molecule has 2 heterocycles. The van der Waals surface area contributed by atoms with E-state index in [2.05, 4.69) is 0 Å². The predicted octanol–water partition coefficient (Wildman–Crippen LogP) is 3.37. The lowest BCUT2D eigenvalue weighted by Gasteiger charge is -2.36. The van der Waals surface area contributed by atoms with E-state index in [0.29, 0.717) is 24.0 Å². The first-order valence-corrected chi connectivity index (χ1v) is 9.12. The first-order chi connectivity index (χ1) is 9.80. The van der Waals surface area contributed by atoms with Gasteiger partial charge in [0, 0.05) is 17.5 Å². The minimum Gasteiger partial charge on any atom is -0.207 e. The average Bonchev–Trinajstić information content (AvgIpc) is 2.61. The van der Waals surface area contributed by atoms with Crippen LogP contribution in [0, 0.1) is 19.7 Å². The number of alkyl halides is 1. The van der Waals surface area contributed by atoms with Crippen molar-refractivity contribution in [3.05, 3.63) is 29.1 Å². The summed E-state index contributed by atoms with van der Waals surface area (Å²) in [4.78, 5) is 0.258. The first-order valence-electron chi connectivity index (χ1n) is 7.25. The molecule has 0 N–H and O–H groups in total. The molecule has 2 atom stereocenters. The van der Waals surface area contributed by atoms with E-state index >= 15 is 0 Å². The number of benzene rings is 1. The Morgan fingerprint density at radius 3 is 2.10 bits per heavy atom. The molecule has 21 heavy (non-hydrogen) atoms. The lowest BCUT2D eigenvalue weighted by molar-refractivity contribution is 0.251. The van der Waals surface area contributed by atoms with Crippen LogP contribution in [0.4, 0.5) is 4.39 Å². The second kappa shape index (κ2) is 5.21. The van der Waals surface area contributed by atoms with Crippen molar-refractivity contribution in [2.45, 2.75) is 61.9 Å². The molecule has 2 saturated heterocycles. The number of aryl methyl sites for hydroxylation is 2. The van der Waals surface area contributed by atoms with Crippen molar-refractivity contribution >= 4 is 21.6 Å². The van der Waals surface area contributed by atoms with E-state index in [1.165, 1.54) is 12.1 Å². The van der Waals surface area contributed by atoms with Crippen LogP contribution < -0.4 is 0 Å². The van der Waals surface area contributed by atoms with Crippen molar-refractivity contribution in [1.29, 1.82) is 0 Å². The van der Waals surface area contributed by atoms with Crippen LogP contribution in [-0.4, -0.2) is 30.2 Å². The lowest BCUT2D eigenvalue weighted by Crippen LogP contribution is -2.47. The van der Waals surface area contributed by atoms with E-state index in [1.807, 2.05) is 0 Å². The maximum absolute atomic E-state index is 13.4. The summed E-state index contributed by atoms with van der Waals surface area (Å²) in [5.41, 5.74) is 0.944. The number of piperidine rings is 1. The largest absolute Gasteiger partial charge is 0.244 e. The van der Waals surface area contributed by atoms with Crippen molar-refractivity contribution < 1.29 is 12.8 Å². The summed E-state index contributed by atoms with van der Waals surface area (Å²) < 4.78 is 41.2. The first kappa shape index (κ1) is 15.3. The SMILES string of the molecule is Cc1cc(F)cc(C)c1S(=O)(=O)N1C2CCC1CC(Cl)C2. The molecule has 3 rings (SSSR count). The van der Waals surface area contributed by atoms with Gasteiger partial charge in [-0.15, -0.1) is 11.6 Å². The van der Waals surface area contributed by atoms with Gasteiger partial charge in [-0.2, -0.15) is 4.31 Å². The summed E-state index contributed by atoms with van der Waals surface area (Å²) in [6.07, 6.45) is 3.14. The average molecular weight is 332 g/mol. The fourth-order valence-corrected chi connectivity index (χ4v) is 6.59. The number of nitrogens with zero attached hydrogens (tertiary/aromatic N) is 1. The van der Waals surface area contributed by atoms with E-state index < -0.39 is 15.8 Å². The third-order valence-corrected chi connectivity index (χ3v) is 7.24. The van der Waals surface area contributed by atoms with E-state index in [4.69, 9.17) is 11.6 Å². The Morgan fingerprint density at radius 1 is 1.14 bits per heavy atom. The maximum Gasteiger partial charge on any atom is 0.244 e. The summed E-state index contributed by atoms with van der Waals surface area (Å²) >= 11 is 6.22. The maximum atomic E-state index is 13.4. The topological polar surface area (TPSA) is 37.4 Å². The fraction of sp³-hybridized carbons (Fsp3) is 0.600. The van der Waals surface area contributed by atoms with Crippen LogP contribution in [0.5, 0.6) is 0 Å². The van der Waals surface area contributed by atoms with Gasteiger partial charge in [0.2, 0.25) is 10.0 Å². The number of sulfonamides is 1. The van der Waals surface area contributed by atoms with Crippen molar-refractivity contribution in [3.63, 3.8) is 0 Å². The molecule has 0 saturated carbocycles. The number of hydrogen-bond acceptors (Lipinski definition) is 2. The molecule has 3 nitrogen and oxygen atoms in total. The highest BCUT2D eigenvalue weighted by atomic mass is 35.5. The number of hydrogen-bond donors (Lipinski definition) is 0. The lowest BCUT2D eigenvalue weighted by atomic mass is 10.1. The molecule has 2 unspecified atom stereocenters. The third-order valence-electron chi connectivity index (χ3n) is 4.57. The molecule has 116 valence electrons. The molecule has 2 bridgehead atoms. The summed E-state index contributed by atoms with van der Waals surface area (Å²) in [5, 5.41) is 0.0596. The van der Waals surface area contributed by atoms with E-state index in [9.17, 15) is 12.8 Å². The van der Waals surface area contributed by atoms with Gasteiger partial charge in [-0.05, 0) is 62.8 Å². The number of fused-ring (bicyclic) bond motifs is 2. The summed E-state index contributed by atoms with van der Waals surface area (Å²) in [5.74, 6) is -0.397. The molecular formula is C15H19ClFNO2S. The van der Waals surface area contributed by atoms with Gasteiger partial charge < -0.3 is 0 Å². The molecule has 2 aliphatic rings. The van der Waals surface area contributed by atoms with E-state index in [1.54, 1.807) is 18.2 Å². The monoisotopic (exact) mass is 331 g/mol. The molecular weight excluding hydrogens is 313 g/mol. The Morgan fingerprint density at radius 2 is 1.62 bits per heavy atom. The predicted molar refractivity (Wildman–Crippen MR) is 80.6 cm³/mol. The zero-order chi connectivity index (χ0) is 15.4. The highest BCUT2D eigenvalue weighted by molar-refractivity contribution is 7.89. The Kier molecular flexibility index (Phi) is 3.79. The minimum absolute atomic E-state index is 0.0138. The van der Waals surface area contributed by atoms with Gasteiger partial charge >= 0.3 is 0 Å². The molecule has 0 aliphatic carbocycles. The highest BCUT2D eigenvalue weighted by Crippen LogP contribution is 2.42. The summed E-state index contributed by atoms with van der Waals surface area (Å²) in [6, 6.07) is 2.55. The van der Waals surface area contributed by atoms with Crippen LogP contribution in [0.15, 0.2) is 17.0 Å². The van der Waals surface area contributed by atoms with Gasteiger partial charge in [0.15, 0.2) is 0 Å². The van der Waals surface area contributed by atoms with Crippen LogP contribution in [0.1, 0.15) is 36.8 Å². The minimum atomic E-state index is -3.59. The van der Waals surface area contributed by atoms with Crippen molar-refractivity contribution in [2.75, 3.05) is 0 Å². The van der Waals surface area contributed by atoms with E-state index in [0.717, 1.165) is 12.8 Å². The molecule has 0 spiro atoms. The van der Waals surface area contributed by atoms with Crippen LogP contribution in [0.3, 0.4) is 0 Å². The van der Waals surface area contributed by atoms with Crippen molar-refractivity contribution in [3.8, 4) is 0 Å². The molecule has 0 radical (unpaired) electrons. The Hall–Kier alpha value is -0.650. The quantitative estimate of drug-likeness (QED) is 0.779. The molecule has 0 aromatic heterocycles. The number of halogens is 2. The molecule has 2 aliphatic heterocycles. The molecule has 1 aromatic carbocycles. The van der Waals surface area contributed by atoms with Gasteiger partial charge in [-0.3, -0.25) is 0 Å². The number of rotatable bonds is 2. The van der Waals surface area contributed by atoms with Crippen molar-refractivity contribution in [1.82, 2.24) is 4.31 Å². The third kappa shape index (κ3) is 2.49. The second-order valence-corrected chi connectivity index (χ2v) is 8.55. The van der Waals surface area contributed by atoms with Crippen LogP contribution in [-0.2, 0) is 10.0 Å². The Bertz CT molecular complexity index is 639. The van der Waals surface area contributed by atoms with Gasteiger partial charge in [-0.25, -0.2) is 12.8 Å². The highest BCUT2D eigenvalue weighted by Gasteiger charge is 2.47. The fourth-order valence-electron chi connectivity index (χ4n) is 3.87. The molecule has 0 amide bonds. The zero-order valence-electron chi connectivity index (χ0n) is 12.1. The molecule has 6 heteroatoms. The summed E-state index contributed by atoms with van der Waals surface area (Å²) in [6.45, 7) is 3.30. The van der Waals surface area contributed by atoms with Crippen LogP contribution in [0.25, 0.3) is 0 Å². The standard InChI is InChI=1S/C15H19ClFNO2S/c1-9-5-12(17)6-10(2)15(9)21(19,20)18-13-3-4-14(18)8-11(16)7-13/h5-6,11,13-14H,3-4,7-8H2,1-2H3. The summed E-state index contributed by atoms with van der Waals surface area (Å²) in [7, 11) is -3.59. The van der Waals surface area contributed by atoms with Crippen molar-refractivity contribution in [2.24, 2.45) is 0 Å². The van der Waals surface area contributed by atoms with Gasteiger partial charge in [0.05, 0.1) is 4.90 Å². The van der Waals surface area contributed by atoms with Gasteiger partial charge in [0.25, 0.3) is 0 Å². The Labute approximate surface area is 130 Å². The normalized spacial score (nSPS) is 29.8. The van der Waals surface area contributed by atoms with E-state index in [-0.39, 0.29) is 22.4 Å².